The monoisotopic (exact) mass is 306 g/mol. The molecule has 3 heteroatoms. The molecule has 1 N–H and O–H groups in total. The van der Waals surface area contributed by atoms with Crippen LogP contribution in [0, 0.1) is 5.92 Å². The minimum absolute atomic E-state index is 0.742. The van der Waals surface area contributed by atoms with E-state index in [-0.39, 0.29) is 0 Å². The van der Waals surface area contributed by atoms with Gasteiger partial charge in [-0.3, -0.25) is 0 Å². The van der Waals surface area contributed by atoms with Gasteiger partial charge in [0.2, 0.25) is 0 Å². The highest BCUT2D eigenvalue weighted by Crippen LogP contribution is 2.42. The predicted octanol–water partition coefficient (Wildman–Crippen LogP) is 3.91. The topological polar surface area (TPSA) is 15.3 Å². The van der Waals surface area contributed by atoms with Crippen LogP contribution in [-0.4, -0.2) is 37.6 Å². The van der Waals surface area contributed by atoms with Crippen molar-refractivity contribution in [1.29, 1.82) is 0 Å². The largest absolute Gasteiger partial charge is 0.314 e. The third-order valence-corrected chi connectivity index (χ3v) is 5.43. The van der Waals surface area contributed by atoms with Crippen LogP contribution in [0.3, 0.4) is 0 Å². The van der Waals surface area contributed by atoms with Crippen LogP contribution < -0.4 is 5.32 Å². The van der Waals surface area contributed by atoms with Crippen LogP contribution in [0.15, 0.2) is 24.3 Å². The van der Waals surface area contributed by atoms with Crippen molar-refractivity contribution in [3.63, 3.8) is 0 Å². The molecule has 0 amide bonds. The van der Waals surface area contributed by atoms with Crippen molar-refractivity contribution in [3.05, 3.63) is 34.9 Å². The molecule has 1 aromatic rings. The van der Waals surface area contributed by atoms with E-state index in [1.807, 2.05) is 6.07 Å². The molecule has 2 atom stereocenters. The molecule has 1 saturated heterocycles. The molecule has 2 aliphatic rings. The average molecular weight is 307 g/mol. The normalized spacial score (nSPS) is 27.1. The first-order valence-corrected chi connectivity index (χ1v) is 8.89. The van der Waals surface area contributed by atoms with E-state index in [0.717, 1.165) is 29.9 Å². The maximum atomic E-state index is 6.16. The highest BCUT2D eigenvalue weighted by Gasteiger charge is 2.28. The second-order valence-corrected chi connectivity index (χ2v) is 7.02. The number of rotatable bonds is 5. The summed E-state index contributed by atoms with van der Waals surface area (Å²) in [5.74, 6) is 1.61. The van der Waals surface area contributed by atoms with Gasteiger partial charge < -0.3 is 10.2 Å². The Morgan fingerprint density at radius 2 is 2.05 bits per heavy atom. The van der Waals surface area contributed by atoms with Gasteiger partial charge >= 0.3 is 0 Å². The fraction of sp³-hybridized carbons (Fsp3) is 0.667. The maximum Gasteiger partial charge on any atom is 0.0408 e. The second kappa shape index (κ2) is 7.62. The molecule has 2 unspecified atom stereocenters. The number of hydrogen-bond donors (Lipinski definition) is 1. The van der Waals surface area contributed by atoms with Gasteiger partial charge in [-0.25, -0.2) is 0 Å². The van der Waals surface area contributed by atoms with Gasteiger partial charge in [0.15, 0.2) is 0 Å². The van der Waals surface area contributed by atoms with Crippen molar-refractivity contribution in [2.45, 2.75) is 38.0 Å². The zero-order valence-corrected chi connectivity index (χ0v) is 13.6. The Morgan fingerprint density at radius 1 is 1.19 bits per heavy atom. The molecule has 0 bridgehead atoms. The first kappa shape index (κ1) is 15.3. The number of hydrogen-bond acceptors (Lipinski definition) is 2. The van der Waals surface area contributed by atoms with Crippen molar-refractivity contribution in [3.8, 4) is 0 Å². The smallest absolute Gasteiger partial charge is 0.0408 e. The number of nitrogens with one attached hydrogen (secondary N) is 1. The Kier molecular flexibility index (Phi) is 5.56. The molecule has 1 aromatic carbocycles. The fourth-order valence-corrected chi connectivity index (χ4v) is 4.27. The van der Waals surface area contributed by atoms with E-state index in [1.54, 1.807) is 0 Å². The molecule has 2 fully saturated rings. The van der Waals surface area contributed by atoms with E-state index in [2.05, 4.69) is 28.4 Å². The van der Waals surface area contributed by atoms with Gasteiger partial charge in [0, 0.05) is 31.2 Å². The summed E-state index contributed by atoms with van der Waals surface area (Å²) in [5, 5.41) is 4.31. The highest BCUT2D eigenvalue weighted by molar-refractivity contribution is 6.30. The predicted molar refractivity (Wildman–Crippen MR) is 90.1 cm³/mol. The maximum absolute atomic E-state index is 6.16. The third kappa shape index (κ3) is 4.21. The highest BCUT2D eigenvalue weighted by atomic mass is 35.5. The molecule has 1 heterocycles. The van der Waals surface area contributed by atoms with Crippen LogP contribution in [-0.2, 0) is 0 Å². The van der Waals surface area contributed by atoms with Crippen LogP contribution in [0.5, 0.6) is 0 Å². The Bertz CT molecular complexity index is 443. The second-order valence-electron chi connectivity index (χ2n) is 6.59. The molecule has 0 spiro atoms. The first-order chi connectivity index (χ1) is 10.3. The SMILES string of the molecule is Clc1cccc(C2CCCC2CCCN2CCNCC2)c1. The van der Waals surface area contributed by atoms with Crippen molar-refractivity contribution in [2.24, 2.45) is 5.92 Å². The average Bonchev–Trinajstić information content (AvgIpc) is 2.97. The van der Waals surface area contributed by atoms with Gasteiger partial charge in [-0.1, -0.05) is 30.2 Å². The van der Waals surface area contributed by atoms with E-state index in [1.165, 1.54) is 57.3 Å². The quantitative estimate of drug-likeness (QED) is 0.887. The molecule has 1 aliphatic carbocycles. The lowest BCUT2D eigenvalue weighted by atomic mass is 9.86. The van der Waals surface area contributed by atoms with Crippen LogP contribution in [0.4, 0.5) is 0 Å². The Balaban J connectivity index is 1.50. The van der Waals surface area contributed by atoms with E-state index < -0.39 is 0 Å². The summed E-state index contributed by atoms with van der Waals surface area (Å²) in [6, 6.07) is 8.54. The molecular weight excluding hydrogens is 280 g/mol. The molecule has 21 heavy (non-hydrogen) atoms. The Morgan fingerprint density at radius 3 is 2.86 bits per heavy atom. The van der Waals surface area contributed by atoms with Crippen molar-refractivity contribution in [2.75, 3.05) is 32.7 Å². The van der Waals surface area contributed by atoms with Gasteiger partial charge in [0.05, 0.1) is 0 Å². The summed E-state index contributed by atoms with van der Waals surface area (Å²) in [6.07, 6.45) is 6.86. The molecule has 3 rings (SSSR count). The molecule has 1 saturated carbocycles. The molecule has 0 radical (unpaired) electrons. The van der Waals surface area contributed by atoms with Crippen LogP contribution in [0.2, 0.25) is 5.02 Å². The summed E-state index contributed by atoms with van der Waals surface area (Å²) in [4.78, 5) is 2.61. The van der Waals surface area contributed by atoms with Crippen molar-refractivity contribution >= 4 is 11.6 Å². The fourth-order valence-electron chi connectivity index (χ4n) is 4.07. The molecule has 116 valence electrons. The van der Waals surface area contributed by atoms with Crippen molar-refractivity contribution < 1.29 is 0 Å². The lowest BCUT2D eigenvalue weighted by Crippen LogP contribution is -2.43. The Labute approximate surface area is 133 Å². The van der Waals surface area contributed by atoms with Crippen molar-refractivity contribution in [1.82, 2.24) is 10.2 Å². The zero-order chi connectivity index (χ0) is 14.5. The molecule has 0 aromatic heterocycles. The zero-order valence-electron chi connectivity index (χ0n) is 12.9. The number of halogens is 1. The minimum Gasteiger partial charge on any atom is -0.314 e. The summed E-state index contributed by atoms with van der Waals surface area (Å²) < 4.78 is 0. The summed E-state index contributed by atoms with van der Waals surface area (Å²) in [5.41, 5.74) is 1.46. The number of benzene rings is 1. The van der Waals surface area contributed by atoms with Gasteiger partial charge in [-0.05, 0) is 61.8 Å². The van der Waals surface area contributed by atoms with E-state index >= 15 is 0 Å². The molecule has 2 nitrogen and oxygen atoms in total. The first-order valence-electron chi connectivity index (χ1n) is 8.51. The van der Waals surface area contributed by atoms with Gasteiger partial charge in [-0.2, -0.15) is 0 Å². The van der Waals surface area contributed by atoms with Crippen LogP contribution in [0.25, 0.3) is 0 Å². The molecule has 1 aliphatic heterocycles. The van der Waals surface area contributed by atoms with Gasteiger partial charge in [0.25, 0.3) is 0 Å². The van der Waals surface area contributed by atoms with Crippen LogP contribution in [0.1, 0.15) is 43.6 Å². The van der Waals surface area contributed by atoms with E-state index in [0.29, 0.717) is 0 Å². The lowest BCUT2D eigenvalue weighted by molar-refractivity contribution is 0.230. The summed E-state index contributed by atoms with van der Waals surface area (Å²) >= 11 is 6.16. The number of piperazine rings is 1. The summed E-state index contributed by atoms with van der Waals surface area (Å²) in [6.45, 7) is 6.05. The minimum atomic E-state index is 0.742. The van der Waals surface area contributed by atoms with Gasteiger partial charge in [-0.15, -0.1) is 0 Å². The Hall–Kier alpha value is -0.570. The standard InChI is InChI=1S/C18H27ClN2/c19-17-7-1-5-16(14-17)18-8-2-4-15(18)6-3-11-21-12-9-20-10-13-21/h1,5,7,14-15,18,20H,2-4,6,8-13H2. The van der Waals surface area contributed by atoms with Gasteiger partial charge in [0.1, 0.15) is 0 Å². The van der Waals surface area contributed by atoms with E-state index in [9.17, 15) is 0 Å². The van der Waals surface area contributed by atoms with E-state index in [4.69, 9.17) is 11.6 Å². The third-order valence-electron chi connectivity index (χ3n) is 5.19. The summed E-state index contributed by atoms with van der Waals surface area (Å²) in [7, 11) is 0. The number of nitrogens with zero attached hydrogens (tertiary/aromatic N) is 1. The van der Waals surface area contributed by atoms with Crippen LogP contribution >= 0.6 is 11.6 Å². The molecular formula is C18H27ClN2. The lowest BCUT2D eigenvalue weighted by Gasteiger charge is -2.28.